The Morgan fingerprint density at radius 2 is 1.92 bits per heavy atom. The number of carbonyl (C=O) groups is 2. The van der Waals surface area contributed by atoms with Gasteiger partial charge in [0.2, 0.25) is 0 Å². The Morgan fingerprint density at radius 1 is 1.25 bits per heavy atom. The Bertz CT molecular complexity index is 292. The summed E-state index contributed by atoms with van der Waals surface area (Å²) in [7, 11) is 0. The molecule has 0 amide bonds. The molecule has 0 aromatic carbocycles. The van der Waals surface area contributed by atoms with E-state index in [0.29, 0.717) is 0 Å². The van der Waals surface area contributed by atoms with Crippen molar-refractivity contribution in [3.8, 4) is 0 Å². The molecule has 0 radical (unpaired) electrons. The second-order valence-electron chi connectivity index (χ2n) is 2.01. The average Bonchev–Trinajstić information content (AvgIpc) is 2.04. The first kappa shape index (κ1) is 9.26. The number of hydrogen-bond donors (Lipinski definition) is 2. The number of hydrogen-bond acceptors (Lipinski definition) is 2. The zero-order valence-corrected chi connectivity index (χ0v) is 9.37. The number of carboxylic acid groups (broad SMARTS) is 2. The summed E-state index contributed by atoms with van der Waals surface area (Å²) < 4.78 is 1.90. The van der Waals surface area contributed by atoms with E-state index in [9.17, 15) is 9.59 Å². The minimum absolute atomic E-state index is 0.0540. The molecule has 4 nitrogen and oxygen atoms in total. The third-order valence-corrected chi connectivity index (χ3v) is 5.17. The molecule has 0 aromatic rings. The van der Waals surface area contributed by atoms with Gasteiger partial charge in [-0.2, -0.15) is 0 Å². The van der Waals surface area contributed by atoms with Crippen molar-refractivity contribution < 1.29 is 19.8 Å². The molecular weight excluding hydrogens is 357 g/mol. The number of aliphatic carboxylic acids is 2. The van der Waals surface area contributed by atoms with Crippen LogP contribution < -0.4 is 0 Å². The third kappa shape index (κ3) is 1.86. The number of rotatable bonds is 2. The van der Waals surface area contributed by atoms with Crippen LogP contribution >= 0.6 is 0 Å². The van der Waals surface area contributed by atoms with E-state index in [4.69, 9.17) is 10.2 Å². The fourth-order valence-corrected chi connectivity index (χ4v) is 3.63. The summed E-state index contributed by atoms with van der Waals surface area (Å²) in [5.74, 6) is -2.25. The fourth-order valence-electron chi connectivity index (χ4n) is 0.748. The SMILES string of the molecule is O=C(O)C1=CC=[CH][Bi]=[C]1C(=O)O. The van der Waals surface area contributed by atoms with E-state index < -0.39 is 34.7 Å². The first-order valence-corrected chi connectivity index (χ1v) is 6.79. The topological polar surface area (TPSA) is 74.6 Å². The summed E-state index contributed by atoms with van der Waals surface area (Å²) in [6, 6.07) is 0. The molecular formula is C7H5BiO4. The Kier molecular flexibility index (Phi) is 2.87. The van der Waals surface area contributed by atoms with Crippen molar-refractivity contribution in [2.45, 2.75) is 0 Å². The second kappa shape index (κ2) is 3.72. The van der Waals surface area contributed by atoms with Crippen molar-refractivity contribution >= 4 is 37.9 Å². The van der Waals surface area contributed by atoms with E-state index in [2.05, 4.69) is 0 Å². The van der Waals surface area contributed by atoms with Crippen LogP contribution in [0.25, 0.3) is 0 Å². The van der Waals surface area contributed by atoms with Crippen molar-refractivity contribution in [2.24, 2.45) is 0 Å². The summed E-state index contributed by atoms with van der Waals surface area (Å²) in [5, 5.41) is 17.2. The van der Waals surface area contributed by atoms with Crippen molar-refractivity contribution in [3.05, 3.63) is 21.5 Å². The Labute approximate surface area is 79.2 Å². The van der Waals surface area contributed by atoms with Gasteiger partial charge in [0.05, 0.1) is 0 Å². The molecule has 0 spiro atoms. The van der Waals surface area contributed by atoms with Crippen LogP contribution in [0.1, 0.15) is 0 Å². The first-order chi connectivity index (χ1) is 5.63. The monoisotopic (exact) mass is 362 g/mol. The molecule has 0 aliphatic carbocycles. The number of allylic oxidation sites excluding steroid dienone is 2. The van der Waals surface area contributed by atoms with E-state index in [1.165, 1.54) is 6.08 Å². The molecule has 0 atom stereocenters. The Balaban J connectivity index is 3.09. The molecule has 1 aliphatic rings. The fraction of sp³-hybridized carbons (Fsp3) is 0. The van der Waals surface area contributed by atoms with E-state index in [1.807, 2.05) is 0 Å². The van der Waals surface area contributed by atoms with Gasteiger partial charge in [-0.05, 0) is 0 Å². The van der Waals surface area contributed by atoms with Gasteiger partial charge in [0.15, 0.2) is 0 Å². The maximum atomic E-state index is 10.5. The van der Waals surface area contributed by atoms with Gasteiger partial charge in [-0.3, -0.25) is 0 Å². The molecule has 0 aromatic heterocycles. The van der Waals surface area contributed by atoms with Crippen LogP contribution in [0, 0.1) is 0 Å². The zero-order valence-electron chi connectivity index (χ0n) is 5.89. The zero-order chi connectivity index (χ0) is 9.14. The molecule has 2 N–H and O–H groups in total. The van der Waals surface area contributed by atoms with E-state index in [-0.39, 0.29) is 8.78 Å². The van der Waals surface area contributed by atoms with Crippen molar-refractivity contribution in [3.63, 3.8) is 0 Å². The van der Waals surface area contributed by atoms with Crippen LogP contribution in [0.5, 0.6) is 0 Å². The third-order valence-electron chi connectivity index (χ3n) is 1.24. The predicted molar refractivity (Wildman–Crippen MR) is 43.3 cm³/mol. The summed E-state index contributed by atoms with van der Waals surface area (Å²) in [4.78, 5) is 21.1. The maximum absolute atomic E-state index is 10.5. The summed E-state index contributed by atoms with van der Waals surface area (Å²) in [5.41, 5.74) is -0.0540. The van der Waals surface area contributed by atoms with E-state index in [1.54, 1.807) is 9.86 Å². The van der Waals surface area contributed by atoms with Gasteiger partial charge in [0.25, 0.3) is 0 Å². The predicted octanol–water partition coefficient (Wildman–Crippen LogP) is -0.514. The summed E-state index contributed by atoms with van der Waals surface area (Å²) >= 11 is -1.39. The van der Waals surface area contributed by atoms with Crippen molar-refractivity contribution in [1.82, 2.24) is 0 Å². The standard InChI is InChI=1S/C7H5O4.Bi/c1-2-3-5(7(10)11)4-6(8)9;/h1-3H,(H,8,9)(H,10,11);. The van der Waals surface area contributed by atoms with Crippen LogP contribution in [-0.2, 0) is 9.59 Å². The van der Waals surface area contributed by atoms with Crippen LogP contribution in [0.3, 0.4) is 0 Å². The minimum atomic E-state index is -1.39. The van der Waals surface area contributed by atoms with Crippen molar-refractivity contribution in [1.29, 1.82) is 0 Å². The average molecular weight is 362 g/mol. The van der Waals surface area contributed by atoms with Crippen LogP contribution in [0.15, 0.2) is 21.5 Å². The molecule has 0 unspecified atom stereocenters. The molecule has 1 rings (SSSR count). The first-order valence-electron chi connectivity index (χ1n) is 3.04. The molecule has 5 heteroatoms. The van der Waals surface area contributed by atoms with Gasteiger partial charge in [-0.15, -0.1) is 0 Å². The molecule has 0 saturated heterocycles. The summed E-state index contributed by atoms with van der Waals surface area (Å²) in [6.07, 6.45) is 2.95. The van der Waals surface area contributed by atoms with Gasteiger partial charge >= 0.3 is 79.2 Å². The molecule has 0 fully saturated rings. The van der Waals surface area contributed by atoms with Crippen molar-refractivity contribution in [2.75, 3.05) is 0 Å². The van der Waals surface area contributed by atoms with E-state index >= 15 is 0 Å². The Morgan fingerprint density at radius 3 is 2.33 bits per heavy atom. The Hall–Kier alpha value is -0.827. The molecule has 1 aliphatic heterocycles. The number of carboxylic acids is 2. The van der Waals surface area contributed by atoms with Gasteiger partial charge < -0.3 is 0 Å². The van der Waals surface area contributed by atoms with Gasteiger partial charge in [0.1, 0.15) is 0 Å². The van der Waals surface area contributed by atoms with Crippen LogP contribution in [0.2, 0.25) is 0 Å². The van der Waals surface area contributed by atoms with Gasteiger partial charge in [-0.25, -0.2) is 0 Å². The summed E-state index contributed by atoms with van der Waals surface area (Å²) in [6.45, 7) is 0. The molecule has 12 heavy (non-hydrogen) atoms. The van der Waals surface area contributed by atoms with Crippen LogP contribution in [-0.4, -0.2) is 48.1 Å². The molecule has 0 bridgehead atoms. The van der Waals surface area contributed by atoms with E-state index in [0.717, 1.165) is 0 Å². The quantitative estimate of drug-likeness (QED) is 0.649. The van der Waals surface area contributed by atoms with Gasteiger partial charge in [0, 0.05) is 0 Å². The van der Waals surface area contributed by atoms with Gasteiger partial charge in [-0.1, -0.05) is 0 Å². The molecule has 0 saturated carbocycles. The molecule has 62 valence electrons. The molecule has 1 heterocycles. The van der Waals surface area contributed by atoms with Crippen LogP contribution in [0.4, 0.5) is 0 Å². The second-order valence-corrected chi connectivity index (χ2v) is 5.91. The normalized spacial score (nSPS) is 15.0.